The highest BCUT2D eigenvalue weighted by molar-refractivity contribution is 6.31. The molecule has 0 bridgehead atoms. The minimum atomic E-state index is -1.00. The Bertz CT molecular complexity index is 1090. The molecule has 8 heteroatoms. The summed E-state index contributed by atoms with van der Waals surface area (Å²) in [5.74, 6) is -0.626. The van der Waals surface area contributed by atoms with Gasteiger partial charge in [0, 0.05) is 12.3 Å². The number of fused-ring (bicyclic) bond motifs is 1. The number of nitrogens with zero attached hydrogens (tertiary/aromatic N) is 2. The lowest BCUT2D eigenvalue weighted by Crippen LogP contribution is -2.29. The van der Waals surface area contributed by atoms with Crippen molar-refractivity contribution in [2.45, 2.75) is 20.0 Å². The number of carbonyl (C=O) groups excluding carboxylic acids is 2. The maximum Gasteiger partial charge on any atom is 0.331 e. The minimum absolute atomic E-state index is 0.262. The number of carbonyl (C=O) groups is 2. The van der Waals surface area contributed by atoms with E-state index in [4.69, 9.17) is 21.1 Å². The van der Waals surface area contributed by atoms with Crippen molar-refractivity contribution in [3.8, 4) is 5.75 Å². The first-order valence-electron chi connectivity index (χ1n) is 8.86. The fourth-order valence-electron chi connectivity index (χ4n) is 2.70. The van der Waals surface area contributed by atoms with Crippen LogP contribution in [0.1, 0.15) is 18.2 Å². The van der Waals surface area contributed by atoms with E-state index < -0.39 is 18.0 Å². The van der Waals surface area contributed by atoms with Gasteiger partial charge in [-0.05, 0) is 49.8 Å². The Labute approximate surface area is 172 Å². The van der Waals surface area contributed by atoms with Crippen LogP contribution in [0.5, 0.6) is 5.75 Å². The van der Waals surface area contributed by atoms with E-state index in [9.17, 15) is 9.59 Å². The summed E-state index contributed by atoms with van der Waals surface area (Å²) in [6.07, 6.45) is 3.48. The molecule has 0 unspecified atom stereocenters. The Morgan fingerprint density at radius 2 is 2.07 bits per heavy atom. The summed E-state index contributed by atoms with van der Waals surface area (Å²) in [6.45, 7) is 3.39. The van der Waals surface area contributed by atoms with E-state index in [1.54, 1.807) is 28.8 Å². The van der Waals surface area contributed by atoms with Gasteiger partial charge >= 0.3 is 5.97 Å². The fraction of sp³-hybridized carbons (Fsp3) is 0.190. The molecule has 0 saturated carbocycles. The van der Waals surface area contributed by atoms with Gasteiger partial charge in [0.05, 0.1) is 18.5 Å². The number of hydrogen-bond acceptors (Lipinski definition) is 5. The van der Waals surface area contributed by atoms with Gasteiger partial charge in [-0.25, -0.2) is 9.78 Å². The molecule has 150 valence electrons. The molecular formula is C21H20ClN3O4. The second-order valence-electron chi connectivity index (χ2n) is 6.32. The van der Waals surface area contributed by atoms with Gasteiger partial charge in [-0.15, -0.1) is 0 Å². The molecule has 0 fully saturated rings. The molecule has 7 nitrogen and oxygen atoms in total. The van der Waals surface area contributed by atoms with Gasteiger partial charge in [0.15, 0.2) is 11.3 Å². The van der Waals surface area contributed by atoms with Gasteiger partial charge in [0.1, 0.15) is 11.4 Å². The molecule has 1 amide bonds. The number of esters is 1. The number of aryl methyl sites for hydroxylation is 1. The molecule has 1 N–H and O–H groups in total. The molecule has 0 radical (unpaired) electrons. The van der Waals surface area contributed by atoms with E-state index in [-0.39, 0.29) is 5.15 Å². The summed E-state index contributed by atoms with van der Waals surface area (Å²) < 4.78 is 12.2. The van der Waals surface area contributed by atoms with Gasteiger partial charge < -0.3 is 14.8 Å². The normalized spacial score (nSPS) is 12.1. The number of amides is 1. The molecule has 3 rings (SSSR count). The zero-order valence-electron chi connectivity index (χ0n) is 16.2. The van der Waals surface area contributed by atoms with Crippen LogP contribution >= 0.6 is 11.6 Å². The van der Waals surface area contributed by atoms with Crippen molar-refractivity contribution in [2.75, 3.05) is 12.4 Å². The maximum atomic E-state index is 12.4. The predicted octanol–water partition coefficient (Wildman–Crippen LogP) is 3.89. The van der Waals surface area contributed by atoms with Crippen LogP contribution in [0.15, 0.2) is 48.7 Å². The van der Waals surface area contributed by atoms with Crippen molar-refractivity contribution in [1.29, 1.82) is 0 Å². The van der Waals surface area contributed by atoms with Crippen molar-refractivity contribution in [3.05, 3.63) is 65.1 Å². The second-order valence-corrected chi connectivity index (χ2v) is 6.68. The van der Waals surface area contributed by atoms with Crippen LogP contribution in [0.25, 0.3) is 11.7 Å². The molecular weight excluding hydrogens is 394 g/mol. The number of methoxy groups -OCH3 is 1. The third kappa shape index (κ3) is 4.75. The SMILES string of the molecule is COc1ccc(C)cc1NC(=O)[C@H](C)OC(=O)/C=C/c1c(Cl)nc2ccccn12. The molecule has 3 aromatic rings. The monoisotopic (exact) mass is 413 g/mol. The van der Waals surface area contributed by atoms with E-state index in [0.717, 1.165) is 5.56 Å². The Morgan fingerprint density at radius 1 is 1.28 bits per heavy atom. The lowest BCUT2D eigenvalue weighted by molar-refractivity contribution is -0.148. The highest BCUT2D eigenvalue weighted by Gasteiger charge is 2.18. The van der Waals surface area contributed by atoms with Crippen LogP contribution in [0.4, 0.5) is 5.69 Å². The molecule has 29 heavy (non-hydrogen) atoms. The van der Waals surface area contributed by atoms with E-state index in [1.807, 2.05) is 25.1 Å². The van der Waals surface area contributed by atoms with Crippen LogP contribution in [0.3, 0.4) is 0 Å². The van der Waals surface area contributed by atoms with E-state index in [0.29, 0.717) is 22.8 Å². The lowest BCUT2D eigenvalue weighted by Gasteiger charge is -2.15. The van der Waals surface area contributed by atoms with Gasteiger partial charge in [-0.2, -0.15) is 0 Å². The van der Waals surface area contributed by atoms with Crippen LogP contribution in [-0.4, -0.2) is 34.5 Å². The summed E-state index contributed by atoms with van der Waals surface area (Å²) in [7, 11) is 1.51. The third-order valence-electron chi connectivity index (χ3n) is 4.17. The zero-order valence-corrected chi connectivity index (χ0v) is 16.9. The number of anilines is 1. The third-order valence-corrected chi connectivity index (χ3v) is 4.45. The topological polar surface area (TPSA) is 81.9 Å². The average molecular weight is 414 g/mol. The first kappa shape index (κ1) is 20.4. The summed E-state index contributed by atoms with van der Waals surface area (Å²) in [4.78, 5) is 28.7. The van der Waals surface area contributed by atoms with Crippen molar-refractivity contribution < 1.29 is 19.1 Å². The second kappa shape index (κ2) is 8.79. The zero-order chi connectivity index (χ0) is 21.0. The van der Waals surface area contributed by atoms with Gasteiger partial charge in [-0.3, -0.25) is 9.20 Å². The smallest absolute Gasteiger partial charge is 0.331 e. The van der Waals surface area contributed by atoms with E-state index in [2.05, 4.69) is 10.3 Å². The van der Waals surface area contributed by atoms with Crippen molar-refractivity contribution in [2.24, 2.45) is 0 Å². The summed E-state index contributed by atoms with van der Waals surface area (Å²) in [5.41, 5.74) is 2.67. The Morgan fingerprint density at radius 3 is 2.83 bits per heavy atom. The highest BCUT2D eigenvalue weighted by Crippen LogP contribution is 2.25. The van der Waals surface area contributed by atoms with E-state index in [1.165, 1.54) is 26.2 Å². The number of aromatic nitrogens is 2. The Kier molecular flexibility index (Phi) is 6.19. The standard InChI is InChI=1S/C21H20ClN3O4/c1-13-7-9-17(28-3)15(12-13)23-21(27)14(2)29-19(26)10-8-16-20(22)24-18-6-4-5-11-25(16)18/h4-12,14H,1-3H3,(H,23,27)/b10-8+/t14-/m0/s1. The quantitative estimate of drug-likeness (QED) is 0.489. The largest absolute Gasteiger partial charge is 0.495 e. The fourth-order valence-corrected chi connectivity index (χ4v) is 2.94. The van der Waals surface area contributed by atoms with Crippen LogP contribution in [0, 0.1) is 6.92 Å². The van der Waals surface area contributed by atoms with E-state index >= 15 is 0 Å². The summed E-state index contributed by atoms with van der Waals surface area (Å²) in [6, 6.07) is 10.9. The maximum absolute atomic E-state index is 12.4. The molecule has 0 aliphatic rings. The van der Waals surface area contributed by atoms with Crippen molar-refractivity contribution in [3.63, 3.8) is 0 Å². The van der Waals surface area contributed by atoms with Gasteiger partial charge in [0.2, 0.25) is 0 Å². The molecule has 0 spiro atoms. The molecule has 0 aliphatic heterocycles. The van der Waals surface area contributed by atoms with Crippen molar-refractivity contribution >= 4 is 40.9 Å². The Hall–Kier alpha value is -3.32. The van der Waals surface area contributed by atoms with Crippen molar-refractivity contribution in [1.82, 2.24) is 9.38 Å². The predicted molar refractivity (Wildman–Crippen MR) is 111 cm³/mol. The molecule has 1 aromatic carbocycles. The van der Waals surface area contributed by atoms with Gasteiger partial charge in [0.25, 0.3) is 5.91 Å². The molecule has 0 aliphatic carbocycles. The number of pyridine rings is 1. The van der Waals surface area contributed by atoms with Crippen LogP contribution in [-0.2, 0) is 14.3 Å². The molecule has 2 heterocycles. The minimum Gasteiger partial charge on any atom is -0.495 e. The summed E-state index contributed by atoms with van der Waals surface area (Å²) in [5, 5.41) is 2.97. The number of imidazole rings is 1. The number of benzene rings is 1. The first-order valence-corrected chi connectivity index (χ1v) is 9.23. The summed E-state index contributed by atoms with van der Waals surface area (Å²) >= 11 is 6.13. The number of halogens is 1. The lowest BCUT2D eigenvalue weighted by atomic mass is 10.2. The highest BCUT2D eigenvalue weighted by atomic mass is 35.5. The number of rotatable bonds is 6. The first-order chi connectivity index (χ1) is 13.9. The number of ether oxygens (including phenoxy) is 2. The van der Waals surface area contributed by atoms with Crippen LogP contribution in [0.2, 0.25) is 5.15 Å². The molecule has 0 saturated heterocycles. The Balaban J connectivity index is 1.65. The average Bonchev–Trinajstić information content (AvgIpc) is 3.01. The number of nitrogens with one attached hydrogen (secondary N) is 1. The van der Waals surface area contributed by atoms with Crippen LogP contribution < -0.4 is 10.1 Å². The van der Waals surface area contributed by atoms with Gasteiger partial charge in [-0.1, -0.05) is 23.7 Å². The molecule has 2 aromatic heterocycles. The number of hydrogen-bond donors (Lipinski definition) is 1. The molecule has 1 atom stereocenters.